The van der Waals surface area contributed by atoms with Crippen LogP contribution in [0.5, 0.6) is 0 Å². The molecule has 0 atom stereocenters. The Bertz CT molecular complexity index is 277. The number of carbonyl (C=O) groups excluding carboxylic acids is 1. The summed E-state index contributed by atoms with van der Waals surface area (Å²) in [5.41, 5.74) is 6.76. The van der Waals surface area contributed by atoms with Gasteiger partial charge in [0.25, 0.3) is 0 Å². The molecule has 0 saturated heterocycles. The minimum atomic E-state index is 0.291. The van der Waals surface area contributed by atoms with Crippen LogP contribution >= 0.6 is 0 Å². The molecule has 0 fully saturated rings. The fourth-order valence-electron chi connectivity index (χ4n) is 0.898. The lowest BCUT2D eigenvalue weighted by molar-refractivity contribution is -0.105. The standard InChI is InChI=1S/C10H11NO/c11-10(8-12)7-6-9-4-2-1-3-5-9/h1-5,7-8H,6,11H2/b10-7-. The van der Waals surface area contributed by atoms with E-state index in [1.807, 2.05) is 30.3 Å². The van der Waals surface area contributed by atoms with Gasteiger partial charge in [0, 0.05) is 0 Å². The highest BCUT2D eigenvalue weighted by Gasteiger charge is 1.88. The first-order chi connectivity index (χ1) is 5.83. The summed E-state index contributed by atoms with van der Waals surface area (Å²) in [7, 11) is 0. The van der Waals surface area contributed by atoms with Gasteiger partial charge >= 0.3 is 0 Å². The lowest BCUT2D eigenvalue weighted by Crippen LogP contribution is -1.98. The second kappa shape index (κ2) is 4.34. The van der Waals surface area contributed by atoms with Crippen molar-refractivity contribution in [1.82, 2.24) is 0 Å². The quantitative estimate of drug-likeness (QED) is 0.536. The van der Waals surface area contributed by atoms with E-state index in [1.165, 1.54) is 0 Å². The highest BCUT2D eigenvalue weighted by atomic mass is 16.1. The van der Waals surface area contributed by atoms with Crippen LogP contribution in [0.2, 0.25) is 0 Å². The highest BCUT2D eigenvalue weighted by Crippen LogP contribution is 2.00. The van der Waals surface area contributed by atoms with E-state index in [2.05, 4.69) is 0 Å². The van der Waals surface area contributed by atoms with Crippen molar-refractivity contribution in [3.8, 4) is 0 Å². The van der Waals surface area contributed by atoms with E-state index in [-0.39, 0.29) is 0 Å². The molecule has 2 nitrogen and oxygen atoms in total. The smallest absolute Gasteiger partial charge is 0.165 e. The maximum absolute atomic E-state index is 10.1. The van der Waals surface area contributed by atoms with Crippen molar-refractivity contribution in [2.45, 2.75) is 6.42 Å². The van der Waals surface area contributed by atoms with Crippen LogP contribution in [0.4, 0.5) is 0 Å². The minimum Gasteiger partial charge on any atom is -0.396 e. The van der Waals surface area contributed by atoms with Crippen molar-refractivity contribution < 1.29 is 4.79 Å². The molecule has 0 aliphatic carbocycles. The van der Waals surface area contributed by atoms with Crippen LogP contribution in [0.1, 0.15) is 5.56 Å². The Labute approximate surface area is 71.7 Å². The van der Waals surface area contributed by atoms with Gasteiger partial charge in [0.2, 0.25) is 0 Å². The largest absolute Gasteiger partial charge is 0.396 e. The summed E-state index contributed by atoms with van der Waals surface area (Å²) in [4.78, 5) is 10.1. The van der Waals surface area contributed by atoms with Gasteiger partial charge in [-0.3, -0.25) is 4.79 Å². The van der Waals surface area contributed by atoms with E-state index in [1.54, 1.807) is 6.08 Å². The zero-order valence-corrected chi connectivity index (χ0v) is 6.73. The lowest BCUT2D eigenvalue weighted by atomic mass is 10.1. The molecule has 0 spiro atoms. The number of benzene rings is 1. The number of aldehydes is 1. The number of hydrogen-bond acceptors (Lipinski definition) is 2. The molecule has 2 heteroatoms. The Morgan fingerprint density at radius 1 is 1.33 bits per heavy atom. The van der Waals surface area contributed by atoms with Gasteiger partial charge in [0.1, 0.15) is 0 Å². The van der Waals surface area contributed by atoms with Gasteiger partial charge in [-0.1, -0.05) is 36.4 Å². The average molecular weight is 161 g/mol. The predicted molar refractivity (Wildman–Crippen MR) is 48.5 cm³/mol. The van der Waals surface area contributed by atoms with E-state index in [0.29, 0.717) is 18.4 Å². The first kappa shape index (κ1) is 8.53. The van der Waals surface area contributed by atoms with Crippen LogP contribution in [0.25, 0.3) is 0 Å². The summed E-state index contributed by atoms with van der Waals surface area (Å²) in [6.07, 6.45) is 3.08. The molecule has 62 valence electrons. The summed E-state index contributed by atoms with van der Waals surface area (Å²) >= 11 is 0. The Balaban J connectivity index is 2.60. The molecule has 0 amide bonds. The third-order valence-corrected chi connectivity index (χ3v) is 1.55. The molecule has 0 unspecified atom stereocenters. The molecule has 0 bridgehead atoms. The number of allylic oxidation sites excluding steroid dienone is 2. The maximum atomic E-state index is 10.1. The van der Waals surface area contributed by atoms with Crippen molar-refractivity contribution in [1.29, 1.82) is 0 Å². The highest BCUT2D eigenvalue weighted by molar-refractivity contribution is 5.71. The average Bonchev–Trinajstić information content (AvgIpc) is 2.16. The summed E-state index contributed by atoms with van der Waals surface area (Å²) in [5.74, 6) is 0. The van der Waals surface area contributed by atoms with Crippen LogP contribution in [-0.4, -0.2) is 6.29 Å². The van der Waals surface area contributed by atoms with Crippen LogP contribution in [0.3, 0.4) is 0 Å². The molecular weight excluding hydrogens is 150 g/mol. The number of carbonyl (C=O) groups is 1. The molecule has 0 saturated carbocycles. The van der Waals surface area contributed by atoms with E-state index in [9.17, 15) is 4.79 Å². The van der Waals surface area contributed by atoms with E-state index in [0.717, 1.165) is 5.56 Å². The van der Waals surface area contributed by atoms with E-state index in [4.69, 9.17) is 5.73 Å². The van der Waals surface area contributed by atoms with Crippen LogP contribution in [-0.2, 0) is 11.2 Å². The summed E-state index contributed by atoms with van der Waals surface area (Å²) in [5, 5.41) is 0. The van der Waals surface area contributed by atoms with E-state index >= 15 is 0 Å². The number of nitrogens with two attached hydrogens (primary N) is 1. The molecule has 0 aromatic heterocycles. The number of hydrogen-bond donors (Lipinski definition) is 1. The first-order valence-corrected chi connectivity index (χ1v) is 3.77. The lowest BCUT2D eigenvalue weighted by Gasteiger charge is -1.94. The fourth-order valence-corrected chi connectivity index (χ4v) is 0.898. The predicted octanol–water partition coefficient (Wildman–Crippen LogP) is 1.27. The Kier molecular flexibility index (Phi) is 3.08. The molecule has 1 aromatic rings. The van der Waals surface area contributed by atoms with Gasteiger partial charge < -0.3 is 5.73 Å². The Morgan fingerprint density at radius 2 is 2.00 bits per heavy atom. The molecule has 0 aliphatic heterocycles. The second-order valence-electron chi connectivity index (χ2n) is 2.51. The molecule has 2 N–H and O–H groups in total. The summed E-state index contributed by atoms with van der Waals surface area (Å²) in [6, 6.07) is 9.86. The fraction of sp³-hybridized carbons (Fsp3) is 0.100. The zero-order chi connectivity index (χ0) is 8.81. The van der Waals surface area contributed by atoms with Gasteiger partial charge in [-0.2, -0.15) is 0 Å². The van der Waals surface area contributed by atoms with E-state index < -0.39 is 0 Å². The number of rotatable bonds is 3. The summed E-state index contributed by atoms with van der Waals surface area (Å²) < 4.78 is 0. The second-order valence-corrected chi connectivity index (χ2v) is 2.51. The molecule has 12 heavy (non-hydrogen) atoms. The molecular formula is C10H11NO. The molecule has 1 rings (SSSR count). The third kappa shape index (κ3) is 2.58. The maximum Gasteiger partial charge on any atom is 0.165 e. The molecule has 0 radical (unpaired) electrons. The van der Waals surface area contributed by atoms with Gasteiger partial charge in [-0.05, 0) is 12.0 Å². The monoisotopic (exact) mass is 161 g/mol. The zero-order valence-electron chi connectivity index (χ0n) is 6.73. The van der Waals surface area contributed by atoms with Crippen molar-refractivity contribution in [3.05, 3.63) is 47.7 Å². The van der Waals surface area contributed by atoms with Crippen LogP contribution < -0.4 is 5.73 Å². The summed E-state index contributed by atoms with van der Waals surface area (Å²) in [6.45, 7) is 0. The van der Waals surface area contributed by atoms with Crippen LogP contribution in [0.15, 0.2) is 42.1 Å². The molecule has 1 aromatic carbocycles. The van der Waals surface area contributed by atoms with Crippen LogP contribution in [0, 0.1) is 0 Å². The van der Waals surface area contributed by atoms with Gasteiger partial charge in [-0.15, -0.1) is 0 Å². The molecule has 0 aliphatic rings. The van der Waals surface area contributed by atoms with Gasteiger partial charge in [0.15, 0.2) is 6.29 Å². The van der Waals surface area contributed by atoms with Crippen molar-refractivity contribution >= 4 is 6.29 Å². The topological polar surface area (TPSA) is 43.1 Å². The minimum absolute atomic E-state index is 0.291. The van der Waals surface area contributed by atoms with Crippen molar-refractivity contribution in [2.24, 2.45) is 5.73 Å². The van der Waals surface area contributed by atoms with Crippen molar-refractivity contribution in [3.63, 3.8) is 0 Å². The molecule has 0 heterocycles. The first-order valence-electron chi connectivity index (χ1n) is 3.77. The Morgan fingerprint density at radius 3 is 2.58 bits per heavy atom. The van der Waals surface area contributed by atoms with Gasteiger partial charge in [0.05, 0.1) is 5.70 Å². The third-order valence-electron chi connectivity index (χ3n) is 1.55. The Hall–Kier alpha value is -1.57. The van der Waals surface area contributed by atoms with Crippen molar-refractivity contribution in [2.75, 3.05) is 0 Å². The SMILES string of the molecule is N/C(C=O)=C\Cc1ccccc1. The van der Waals surface area contributed by atoms with Gasteiger partial charge in [-0.25, -0.2) is 0 Å². The normalized spacial score (nSPS) is 11.2.